The number of fused-ring (bicyclic) bond motifs is 8. The Bertz CT molecular complexity index is 4290. The summed E-state index contributed by atoms with van der Waals surface area (Å²) in [6.45, 7) is 13.6. The summed E-state index contributed by atoms with van der Waals surface area (Å²) in [4.78, 5) is 92.3. The fourth-order valence-electron chi connectivity index (χ4n) is 15.0. The molecule has 0 saturated carbocycles. The van der Waals surface area contributed by atoms with Crippen LogP contribution in [-0.2, 0) is 77.8 Å². The second kappa shape index (κ2) is 42.5. The smallest absolute Gasteiger partial charge is 0.407 e. The van der Waals surface area contributed by atoms with E-state index in [2.05, 4.69) is 42.5 Å². The number of allylic oxidation sites excluding steroid dienone is 3. The van der Waals surface area contributed by atoms with Crippen LogP contribution in [0.4, 0.5) is 21.0 Å². The number of ether oxygens (including phenoxy) is 13. The number of aliphatic hydroxyl groups is 4. The van der Waals surface area contributed by atoms with Crippen LogP contribution in [-0.4, -0.2) is 259 Å². The Balaban J connectivity index is 0.747. The maximum Gasteiger partial charge on any atom is 0.407 e. The van der Waals surface area contributed by atoms with E-state index in [1.54, 1.807) is 38.8 Å². The van der Waals surface area contributed by atoms with Crippen molar-refractivity contribution in [3.05, 3.63) is 114 Å². The summed E-state index contributed by atoms with van der Waals surface area (Å²) in [6, 6.07) is 6.64. The highest BCUT2D eigenvalue weighted by Gasteiger charge is 2.51. The number of Topliss-reactive ketones (excluding diaryl/α,β-unsaturated/α-hetero) is 1. The predicted molar refractivity (Wildman–Crippen MR) is 421 cm³/mol. The summed E-state index contributed by atoms with van der Waals surface area (Å²) in [6.07, 6.45) is 4.35. The minimum Gasteiger partial charge on any atom is -0.507 e. The lowest BCUT2D eigenvalue weighted by Crippen LogP contribution is -2.56. The van der Waals surface area contributed by atoms with Crippen molar-refractivity contribution in [2.75, 3.05) is 134 Å². The molecule has 1 fully saturated rings. The maximum absolute atomic E-state index is 14.2. The first-order chi connectivity index (χ1) is 55.2. The Morgan fingerprint density at radius 2 is 1.31 bits per heavy atom. The average Bonchev–Trinajstić information content (AvgIpc) is 0.831. The van der Waals surface area contributed by atoms with Crippen LogP contribution in [0.2, 0.25) is 0 Å². The van der Waals surface area contributed by atoms with Crippen LogP contribution in [0.5, 0.6) is 28.7 Å². The fraction of sp³-hybridized carbons (Fsp3) is 0.554. The van der Waals surface area contributed by atoms with Crippen LogP contribution < -0.4 is 24.8 Å². The Labute approximate surface area is 663 Å². The van der Waals surface area contributed by atoms with E-state index in [1.165, 1.54) is 43.4 Å². The molecule has 4 aliphatic heterocycles. The topological polar surface area (TPSA) is 416 Å². The second-order valence-corrected chi connectivity index (χ2v) is 28.4. The summed E-state index contributed by atoms with van der Waals surface area (Å²) in [7, 11) is 4.54. The van der Waals surface area contributed by atoms with Gasteiger partial charge >= 0.3 is 12.2 Å². The molecule has 114 heavy (non-hydrogen) atoms. The molecule has 3 aromatic carbocycles. The number of alkyl carbamates (subject to hydrolysis) is 2. The lowest BCUT2D eigenvalue weighted by atomic mass is 9.72. The molecular weight excluding hydrogens is 1480 g/mol. The molecule has 4 aromatic rings. The van der Waals surface area contributed by atoms with Crippen molar-refractivity contribution in [2.24, 2.45) is 20.0 Å². The quantitative estimate of drug-likeness (QED) is 0.0130. The molecule has 5 heterocycles. The fourth-order valence-corrected chi connectivity index (χ4v) is 15.0. The maximum atomic E-state index is 14.2. The van der Waals surface area contributed by atoms with E-state index in [0.29, 0.717) is 146 Å². The molecule has 2 amide bonds. The number of hydrogen-bond acceptors (Lipinski definition) is 28. The first-order valence-corrected chi connectivity index (χ1v) is 39.2. The molecule has 0 spiro atoms. The monoisotopic (exact) mass is 1590 g/mol. The number of aromatic hydroxyl groups is 2. The van der Waals surface area contributed by atoms with Gasteiger partial charge in [0.15, 0.2) is 29.4 Å². The van der Waals surface area contributed by atoms with E-state index in [-0.39, 0.29) is 86.7 Å². The van der Waals surface area contributed by atoms with Crippen LogP contribution >= 0.6 is 0 Å². The van der Waals surface area contributed by atoms with Crippen molar-refractivity contribution in [2.45, 2.75) is 167 Å². The highest BCUT2D eigenvalue weighted by molar-refractivity contribution is 6.41. The number of nitrogens with one attached hydrogen (secondary N) is 3. The number of ketones is 3. The minimum atomic E-state index is -2.39. The first kappa shape index (κ1) is 87.3. The van der Waals surface area contributed by atoms with Crippen LogP contribution in [0.3, 0.4) is 0 Å². The number of H-pyrrole nitrogens is 1. The lowest BCUT2D eigenvalue weighted by molar-refractivity contribution is -0.249. The Kier molecular flexibility index (Phi) is 32.5. The van der Waals surface area contributed by atoms with Gasteiger partial charge in [0.25, 0.3) is 0 Å². The van der Waals surface area contributed by atoms with Gasteiger partial charge < -0.3 is 108 Å². The number of methoxy groups -OCH3 is 3. The Morgan fingerprint density at radius 3 is 1.92 bits per heavy atom. The Morgan fingerprint density at radius 1 is 0.693 bits per heavy atom. The number of hydrogen-bond donors (Lipinski definition) is 9. The van der Waals surface area contributed by atoms with Crippen molar-refractivity contribution in [1.29, 1.82) is 0 Å². The van der Waals surface area contributed by atoms with Crippen molar-refractivity contribution < 1.29 is 116 Å². The normalized spacial score (nSPS) is 20.8. The number of carbonyl (C=O) groups is 5. The molecule has 0 radical (unpaired) electrons. The number of nitrogens with zero attached hydrogens (tertiary/aromatic N) is 4. The van der Waals surface area contributed by atoms with E-state index in [4.69, 9.17) is 81.5 Å². The van der Waals surface area contributed by atoms with Gasteiger partial charge in [0.1, 0.15) is 48.8 Å². The summed E-state index contributed by atoms with van der Waals surface area (Å²) < 4.78 is 74.5. The number of amides is 2. The summed E-state index contributed by atoms with van der Waals surface area (Å²) in [5, 5.41) is 72.2. The van der Waals surface area contributed by atoms with Gasteiger partial charge in [-0.2, -0.15) is 0 Å². The number of benzene rings is 3. The number of unbranched alkanes of at least 4 members (excludes halogenated alkanes) is 3. The van der Waals surface area contributed by atoms with Crippen LogP contribution in [0.15, 0.2) is 78.3 Å². The zero-order chi connectivity index (χ0) is 81.4. The number of aromatic amines is 1. The summed E-state index contributed by atoms with van der Waals surface area (Å²) >= 11 is 0. The molecule has 6 aliphatic rings. The van der Waals surface area contributed by atoms with E-state index in [1.807, 2.05) is 6.92 Å². The van der Waals surface area contributed by atoms with Gasteiger partial charge in [-0.3, -0.25) is 29.4 Å². The number of phenolic OH excluding ortho intramolecular Hbond substituents is 2. The van der Waals surface area contributed by atoms with Gasteiger partial charge in [-0.05, 0) is 131 Å². The molecule has 31 nitrogen and oxygen atoms in total. The zero-order valence-corrected chi connectivity index (χ0v) is 66.3. The average molecular weight is 1590 g/mol. The van der Waals surface area contributed by atoms with E-state index in [0.717, 1.165) is 57.9 Å². The van der Waals surface area contributed by atoms with Crippen LogP contribution in [0, 0.1) is 0 Å². The summed E-state index contributed by atoms with van der Waals surface area (Å²) in [5.41, 5.74) is 7.33. The highest BCUT2D eigenvalue weighted by Crippen LogP contribution is 2.53. The molecule has 1 saturated heterocycles. The van der Waals surface area contributed by atoms with E-state index < -0.39 is 108 Å². The molecule has 1 aromatic heterocycles. The first-order valence-electron chi connectivity index (χ1n) is 39.2. The Hall–Kier alpha value is -9.09. The lowest BCUT2D eigenvalue weighted by Gasteiger charge is -2.42. The minimum absolute atomic E-state index is 0.00881. The number of aliphatic imine (C=N–C) groups is 4. The zero-order valence-electron chi connectivity index (χ0n) is 66.3. The molecule has 31 heteroatoms. The molecule has 10 rings (SSSR count). The third kappa shape index (κ3) is 21.5. The molecule has 2 unspecified atom stereocenters. The SMILES string of the molecule is CCc1c2[nH]c(c1CC)CC1N=C(C=Nc3cc(OCCOCCOCCOC)c(OCCOCCOCCOC)cc3N=CC3=N/C(=C\2)C(CCCNC(=O)OCCCCCCOC(=O)N[C@H]2C[C@@H](OC4C[C@](O)(C(=O)CO)Cc5c(O)c6c(c(O)c54)C(=O)c4c(OC)cccc4C6=O)O[C@@H](C)[C@H]2O)=C3C)C(C)=C1CCCO. The van der Waals surface area contributed by atoms with Gasteiger partial charge in [-0.15, -0.1) is 0 Å². The predicted octanol–water partition coefficient (Wildman–Crippen LogP) is 8.79. The van der Waals surface area contributed by atoms with Gasteiger partial charge in [-0.25, -0.2) is 14.6 Å². The second-order valence-electron chi connectivity index (χ2n) is 28.4. The number of aliphatic hydroxyl groups excluding tert-OH is 3. The van der Waals surface area contributed by atoms with Crippen LogP contribution in [0.1, 0.15) is 170 Å². The highest BCUT2D eigenvalue weighted by atomic mass is 16.7. The van der Waals surface area contributed by atoms with Crippen molar-refractivity contribution in [1.82, 2.24) is 15.6 Å². The standard InChI is InChI=1S/C83H109N7O24/c1-9-51-52(10-2)58-39-60-54(20-17-23-91)49(4)65(89-60)46-86-62-41-68(110-37-35-108-33-31-106-29-27-103-7)67(109-36-34-107-32-30-105-28-26-102-6)40-61(62)85-45-64-48(3)53(59(88-64)38-57(51)87-58)19-16-22-84-81(99)111-24-13-11-12-14-25-112-82(100)90-63-42-71(113-50(5)76(63)94)114-69-44-83(101,70(93)47-92)43-56-73(69)80(98)75-74(78(56)96)77(95)55-18-15-21-66(104-8)72(55)79(75)97/h15,18,21,38,40-41,45-46,50,60,63,69,71,76,87,91-92,94,96,98,101H,9-14,16-17,19-20,22-37,39,42-44,47H2,1-8H3,(H,84,99)(H,90,100)/b59-38-,85-45?,86-46?/t50-,60?,63-,69?,71+,76+,83-/m0/s1. The van der Waals surface area contributed by atoms with Crippen molar-refractivity contribution in [3.8, 4) is 28.7 Å². The van der Waals surface area contributed by atoms with Gasteiger partial charge in [-0.1, -0.05) is 26.0 Å². The number of aromatic nitrogens is 1. The number of phenols is 2. The third-order valence-electron chi connectivity index (χ3n) is 21.0. The van der Waals surface area contributed by atoms with Crippen LogP contribution in [0.25, 0.3) is 6.08 Å². The largest absolute Gasteiger partial charge is 0.507 e. The molecular formula is C83H109N7O24. The molecule has 9 N–H and O–H groups in total. The molecule has 2 aliphatic carbocycles. The molecule has 7 atom stereocenters. The van der Waals surface area contributed by atoms with Gasteiger partial charge in [0, 0.05) is 93.3 Å². The van der Waals surface area contributed by atoms with Gasteiger partial charge in [0.2, 0.25) is 5.78 Å². The summed E-state index contributed by atoms with van der Waals surface area (Å²) in [5.74, 6) is -3.39. The molecule has 6 bridgehead atoms. The van der Waals surface area contributed by atoms with Crippen molar-refractivity contribution in [3.63, 3.8) is 0 Å². The number of rotatable bonds is 42. The molecule has 620 valence electrons. The number of carbonyl (C=O) groups excluding carboxylic acids is 5. The van der Waals surface area contributed by atoms with E-state index >= 15 is 0 Å². The van der Waals surface area contributed by atoms with E-state index in [9.17, 15) is 54.6 Å². The van der Waals surface area contributed by atoms with Gasteiger partial charge in [0.05, 0.1) is 168 Å². The third-order valence-corrected chi connectivity index (χ3v) is 21.0. The van der Waals surface area contributed by atoms with Crippen molar-refractivity contribution >= 4 is 70.8 Å².